The molecule has 4 rings (SSSR count). The summed E-state index contributed by atoms with van der Waals surface area (Å²) in [6.07, 6.45) is 7.12. The number of nitrogens with zero attached hydrogens (tertiary/aromatic N) is 4. The van der Waals surface area contributed by atoms with Crippen molar-refractivity contribution in [2.24, 2.45) is 18.9 Å². The van der Waals surface area contributed by atoms with Gasteiger partial charge in [0.1, 0.15) is 11.7 Å². The van der Waals surface area contributed by atoms with Gasteiger partial charge in [-0.1, -0.05) is 19.8 Å². The van der Waals surface area contributed by atoms with E-state index in [0.717, 1.165) is 48.3 Å². The predicted octanol–water partition coefficient (Wildman–Crippen LogP) is 3.39. The fraction of sp³-hybridized carbons (Fsp3) is 0.458. The molecular formula is C24H31N7O2. The first-order chi connectivity index (χ1) is 15.8. The summed E-state index contributed by atoms with van der Waals surface area (Å²) < 4.78 is 1.51. The molecule has 174 valence electrons. The smallest absolute Gasteiger partial charge is 0.270 e. The van der Waals surface area contributed by atoms with Crippen LogP contribution < -0.4 is 10.6 Å². The summed E-state index contributed by atoms with van der Waals surface area (Å²) in [6, 6.07) is 4.72. The molecule has 9 heteroatoms. The highest BCUT2D eigenvalue weighted by atomic mass is 16.2. The number of aromatic amines is 1. The molecule has 3 N–H and O–H groups in total. The molecule has 3 heterocycles. The Labute approximate surface area is 193 Å². The van der Waals surface area contributed by atoms with Gasteiger partial charge >= 0.3 is 0 Å². The quantitative estimate of drug-likeness (QED) is 0.533. The molecule has 33 heavy (non-hydrogen) atoms. The van der Waals surface area contributed by atoms with Crippen LogP contribution in [0.4, 0.5) is 5.69 Å². The van der Waals surface area contributed by atoms with Crippen molar-refractivity contribution in [2.45, 2.75) is 52.5 Å². The monoisotopic (exact) mass is 449 g/mol. The highest BCUT2D eigenvalue weighted by Gasteiger charge is 2.33. The number of nitrogens with one attached hydrogen (secondary N) is 3. The average molecular weight is 450 g/mol. The van der Waals surface area contributed by atoms with Crippen molar-refractivity contribution < 1.29 is 9.59 Å². The number of carbonyl (C=O) groups is 2. The summed E-state index contributed by atoms with van der Waals surface area (Å²) in [4.78, 5) is 30.7. The van der Waals surface area contributed by atoms with Gasteiger partial charge in [0.15, 0.2) is 0 Å². The Morgan fingerprint density at radius 1 is 1.15 bits per heavy atom. The van der Waals surface area contributed by atoms with Gasteiger partial charge in [-0.15, -0.1) is 0 Å². The van der Waals surface area contributed by atoms with Crippen molar-refractivity contribution in [1.82, 2.24) is 30.3 Å². The lowest BCUT2D eigenvalue weighted by Crippen LogP contribution is -2.49. The second-order valence-electron chi connectivity index (χ2n) is 9.04. The molecule has 3 aromatic rings. The minimum Gasteiger partial charge on any atom is -0.339 e. The number of carbonyl (C=O) groups excluding carboxylic acids is 2. The molecule has 1 fully saturated rings. The summed E-state index contributed by atoms with van der Waals surface area (Å²) in [5.41, 5.74) is 4.59. The Balaban J connectivity index is 1.51. The lowest BCUT2D eigenvalue weighted by atomic mass is 9.79. The molecule has 0 unspecified atom stereocenters. The number of pyridine rings is 1. The van der Waals surface area contributed by atoms with Crippen LogP contribution >= 0.6 is 0 Å². The highest BCUT2D eigenvalue weighted by Crippen LogP contribution is 2.31. The van der Waals surface area contributed by atoms with Crippen molar-refractivity contribution >= 4 is 17.5 Å². The zero-order chi connectivity index (χ0) is 23.5. The number of H-pyrrole nitrogens is 1. The maximum Gasteiger partial charge on any atom is 0.270 e. The van der Waals surface area contributed by atoms with Gasteiger partial charge in [-0.25, -0.2) is 0 Å². The number of aryl methyl sites for hydroxylation is 3. The van der Waals surface area contributed by atoms with E-state index in [4.69, 9.17) is 0 Å². The number of amides is 2. The van der Waals surface area contributed by atoms with Gasteiger partial charge in [0, 0.05) is 24.5 Å². The number of hydrogen-bond acceptors (Lipinski definition) is 5. The summed E-state index contributed by atoms with van der Waals surface area (Å²) in [5.74, 6) is 0.203. The van der Waals surface area contributed by atoms with Crippen molar-refractivity contribution in [1.29, 1.82) is 0 Å². The third-order valence-electron chi connectivity index (χ3n) is 6.57. The Bertz CT molecular complexity index is 1100. The standard InChI is InChI=1S/C24H31N7O2/c1-14-5-7-17(8-6-14)22(28-23(32)20-11-12-26-31(20)4)24(33)27-18-9-10-19(25-13-18)21-15(2)29-30-16(21)3/h9-14,17,22H,5-8H2,1-4H3,(H,27,33)(H,28,32)(H,29,30)/t14?,17?,22-/m0/s1. The van der Waals surface area contributed by atoms with Gasteiger partial charge in [-0.05, 0) is 56.7 Å². The zero-order valence-electron chi connectivity index (χ0n) is 19.6. The number of aromatic nitrogens is 5. The first-order valence-corrected chi connectivity index (χ1v) is 11.4. The molecule has 1 saturated carbocycles. The van der Waals surface area contributed by atoms with Gasteiger partial charge < -0.3 is 10.6 Å². The van der Waals surface area contributed by atoms with Crippen LogP contribution in [0.5, 0.6) is 0 Å². The van der Waals surface area contributed by atoms with Crippen LogP contribution in [-0.2, 0) is 11.8 Å². The van der Waals surface area contributed by atoms with E-state index in [-0.39, 0.29) is 17.7 Å². The summed E-state index contributed by atoms with van der Waals surface area (Å²) in [5, 5.41) is 17.2. The van der Waals surface area contributed by atoms with Crippen LogP contribution in [-0.4, -0.2) is 42.8 Å². The predicted molar refractivity (Wildman–Crippen MR) is 126 cm³/mol. The van der Waals surface area contributed by atoms with Gasteiger partial charge in [0.2, 0.25) is 5.91 Å². The summed E-state index contributed by atoms with van der Waals surface area (Å²) >= 11 is 0. The number of rotatable bonds is 6. The molecule has 0 spiro atoms. The van der Waals surface area contributed by atoms with Crippen molar-refractivity contribution in [3.63, 3.8) is 0 Å². The van der Waals surface area contributed by atoms with E-state index in [1.54, 1.807) is 25.5 Å². The molecule has 1 atom stereocenters. The third kappa shape index (κ3) is 4.97. The van der Waals surface area contributed by atoms with Gasteiger partial charge in [0.05, 0.1) is 23.3 Å². The minimum absolute atomic E-state index is 0.0850. The Hall–Kier alpha value is -3.49. The molecule has 0 aliphatic heterocycles. The lowest BCUT2D eigenvalue weighted by Gasteiger charge is -2.32. The average Bonchev–Trinajstić information content (AvgIpc) is 3.38. The molecule has 9 nitrogen and oxygen atoms in total. The number of anilines is 1. The Morgan fingerprint density at radius 3 is 2.48 bits per heavy atom. The molecule has 0 radical (unpaired) electrons. The largest absolute Gasteiger partial charge is 0.339 e. The summed E-state index contributed by atoms with van der Waals surface area (Å²) in [6.45, 7) is 6.11. The zero-order valence-corrected chi connectivity index (χ0v) is 19.6. The second kappa shape index (κ2) is 9.56. The fourth-order valence-electron chi connectivity index (χ4n) is 4.59. The van der Waals surface area contributed by atoms with Gasteiger partial charge in [-0.2, -0.15) is 10.2 Å². The van der Waals surface area contributed by atoms with E-state index < -0.39 is 6.04 Å². The normalized spacial score (nSPS) is 19.2. The van der Waals surface area contributed by atoms with Gasteiger partial charge in [-0.3, -0.25) is 24.4 Å². The van der Waals surface area contributed by atoms with Crippen LogP contribution in [0.1, 0.15) is 54.5 Å². The molecule has 2 amide bonds. The minimum atomic E-state index is -0.627. The third-order valence-corrected chi connectivity index (χ3v) is 6.57. The molecule has 0 aromatic carbocycles. The van der Waals surface area contributed by atoms with E-state index in [1.807, 2.05) is 26.0 Å². The van der Waals surface area contributed by atoms with E-state index >= 15 is 0 Å². The van der Waals surface area contributed by atoms with Crippen LogP contribution in [0.15, 0.2) is 30.6 Å². The first-order valence-electron chi connectivity index (χ1n) is 11.4. The maximum atomic E-state index is 13.3. The van der Waals surface area contributed by atoms with Crippen LogP contribution in [0.3, 0.4) is 0 Å². The van der Waals surface area contributed by atoms with Crippen LogP contribution in [0.25, 0.3) is 11.3 Å². The van der Waals surface area contributed by atoms with Crippen LogP contribution in [0.2, 0.25) is 0 Å². The SMILES string of the molecule is Cc1n[nH]c(C)c1-c1ccc(NC(=O)[C@@H](NC(=O)c2ccnn2C)C2CCC(C)CC2)cn1. The van der Waals surface area contributed by atoms with Crippen LogP contribution in [0, 0.1) is 25.7 Å². The second-order valence-corrected chi connectivity index (χ2v) is 9.04. The van der Waals surface area contributed by atoms with Crippen molar-refractivity contribution in [2.75, 3.05) is 5.32 Å². The molecule has 1 aliphatic carbocycles. The van der Waals surface area contributed by atoms with E-state index in [0.29, 0.717) is 17.3 Å². The van der Waals surface area contributed by atoms with E-state index in [1.165, 1.54) is 4.68 Å². The fourth-order valence-corrected chi connectivity index (χ4v) is 4.59. The molecule has 0 saturated heterocycles. The molecule has 1 aliphatic rings. The lowest BCUT2D eigenvalue weighted by molar-refractivity contribution is -0.119. The molecule has 0 bridgehead atoms. The summed E-state index contributed by atoms with van der Waals surface area (Å²) in [7, 11) is 1.71. The number of hydrogen-bond donors (Lipinski definition) is 3. The Kier molecular flexibility index (Phi) is 6.57. The van der Waals surface area contributed by atoms with E-state index in [2.05, 4.69) is 37.8 Å². The first kappa shape index (κ1) is 22.7. The highest BCUT2D eigenvalue weighted by molar-refractivity contribution is 6.00. The van der Waals surface area contributed by atoms with Gasteiger partial charge in [0.25, 0.3) is 5.91 Å². The van der Waals surface area contributed by atoms with Crippen molar-refractivity contribution in [3.8, 4) is 11.3 Å². The Morgan fingerprint density at radius 2 is 1.91 bits per heavy atom. The maximum absolute atomic E-state index is 13.3. The topological polar surface area (TPSA) is 118 Å². The molecule has 3 aromatic heterocycles. The van der Waals surface area contributed by atoms with Crippen molar-refractivity contribution in [3.05, 3.63) is 47.7 Å². The van der Waals surface area contributed by atoms with E-state index in [9.17, 15) is 9.59 Å². The molecular weight excluding hydrogens is 418 g/mol.